The molecule has 0 unspecified atom stereocenters. The van der Waals surface area contributed by atoms with Gasteiger partial charge in [-0.05, 0) is 30.7 Å². The number of carbonyl (C=O) groups excluding carboxylic acids is 1. The Morgan fingerprint density at radius 1 is 1.33 bits per heavy atom. The van der Waals surface area contributed by atoms with Crippen molar-refractivity contribution in [3.8, 4) is 0 Å². The fraction of sp³-hybridized carbons (Fsp3) is 0.333. The average Bonchev–Trinajstić information content (AvgIpc) is 2.41. The molecular weight excluding hydrogens is 224 g/mol. The van der Waals surface area contributed by atoms with Crippen LogP contribution >= 0.6 is 0 Å². The van der Waals surface area contributed by atoms with Crippen molar-refractivity contribution in [2.45, 2.75) is 25.7 Å². The molecule has 1 aliphatic rings. The molecular formula is C15H18N2O. The van der Waals surface area contributed by atoms with Gasteiger partial charge in [-0.3, -0.25) is 4.79 Å². The predicted molar refractivity (Wildman–Crippen MR) is 73.3 cm³/mol. The molecule has 3 heteroatoms. The van der Waals surface area contributed by atoms with Crippen LogP contribution in [0, 0.1) is 5.92 Å². The van der Waals surface area contributed by atoms with Crippen molar-refractivity contribution in [1.82, 2.24) is 5.43 Å². The zero-order valence-corrected chi connectivity index (χ0v) is 10.4. The molecule has 0 bridgehead atoms. The van der Waals surface area contributed by atoms with E-state index in [2.05, 4.69) is 22.7 Å². The van der Waals surface area contributed by atoms with Crippen molar-refractivity contribution in [2.24, 2.45) is 11.0 Å². The summed E-state index contributed by atoms with van der Waals surface area (Å²) in [5, 5.41) is 4.03. The van der Waals surface area contributed by atoms with E-state index in [0.717, 1.165) is 24.8 Å². The zero-order chi connectivity index (χ0) is 12.6. The lowest BCUT2D eigenvalue weighted by Crippen LogP contribution is -2.20. The topological polar surface area (TPSA) is 41.5 Å². The van der Waals surface area contributed by atoms with Gasteiger partial charge in [0.2, 0.25) is 5.91 Å². The Morgan fingerprint density at radius 2 is 2.17 bits per heavy atom. The molecule has 2 rings (SSSR count). The molecule has 0 heterocycles. The first-order chi connectivity index (χ1) is 8.84. The van der Waals surface area contributed by atoms with Crippen LogP contribution in [0.1, 0.15) is 24.8 Å². The van der Waals surface area contributed by atoms with Crippen molar-refractivity contribution in [3.63, 3.8) is 0 Å². The first-order valence-electron chi connectivity index (χ1n) is 6.35. The molecule has 0 aromatic heterocycles. The van der Waals surface area contributed by atoms with E-state index in [0.29, 0.717) is 12.3 Å². The minimum Gasteiger partial charge on any atom is -0.273 e. The molecule has 1 aromatic rings. The summed E-state index contributed by atoms with van der Waals surface area (Å²) in [6.45, 7) is 0. The molecule has 18 heavy (non-hydrogen) atoms. The van der Waals surface area contributed by atoms with Crippen LogP contribution < -0.4 is 5.43 Å². The molecule has 1 aliphatic carbocycles. The van der Waals surface area contributed by atoms with Crippen LogP contribution in [0.5, 0.6) is 0 Å². The molecule has 0 aliphatic heterocycles. The molecule has 0 saturated heterocycles. The average molecular weight is 242 g/mol. The number of rotatable bonds is 4. The van der Waals surface area contributed by atoms with E-state index in [9.17, 15) is 4.79 Å². The largest absolute Gasteiger partial charge is 0.273 e. The number of hydrogen-bond acceptors (Lipinski definition) is 2. The molecule has 1 amide bonds. The predicted octanol–water partition coefficient (Wildman–Crippen LogP) is 2.69. The molecule has 0 radical (unpaired) electrons. The Labute approximate surface area is 108 Å². The van der Waals surface area contributed by atoms with Crippen LogP contribution in [0.25, 0.3) is 0 Å². The van der Waals surface area contributed by atoms with Gasteiger partial charge in [-0.1, -0.05) is 42.5 Å². The lowest BCUT2D eigenvalue weighted by molar-refractivity contribution is -0.120. The molecule has 1 aromatic carbocycles. The Kier molecular flexibility index (Phi) is 4.70. The Morgan fingerprint density at radius 3 is 2.89 bits per heavy atom. The number of nitrogens with zero attached hydrogens (tertiary/aromatic N) is 1. The summed E-state index contributed by atoms with van der Waals surface area (Å²) < 4.78 is 0. The van der Waals surface area contributed by atoms with Gasteiger partial charge in [-0.25, -0.2) is 5.43 Å². The van der Waals surface area contributed by atoms with E-state index in [1.165, 1.54) is 0 Å². The van der Waals surface area contributed by atoms with Crippen LogP contribution in [0.3, 0.4) is 0 Å². The van der Waals surface area contributed by atoms with E-state index in [1.807, 2.05) is 36.5 Å². The smallest absolute Gasteiger partial charge is 0.244 e. The summed E-state index contributed by atoms with van der Waals surface area (Å²) >= 11 is 0. The standard InChI is InChI=1S/C15H18N2O/c18-15(11-13-7-3-1-4-8-13)17-16-12-14-9-5-2-6-10-14/h1-5,7-8,12,14H,6,9-11H2,(H,17,18)/b16-12-/t14-/m0/s1. The molecule has 0 spiro atoms. The summed E-state index contributed by atoms with van der Waals surface area (Å²) in [6, 6.07) is 9.68. The second kappa shape index (κ2) is 6.74. The third-order valence-corrected chi connectivity index (χ3v) is 2.99. The minimum absolute atomic E-state index is 0.0659. The molecule has 0 fully saturated rings. The van der Waals surface area contributed by atoms with E-state index < -0.39 is 0 Å². The second-order valence-electron chi connectivity index (χ2n) is 4.52. The SMILES string of the molecule is O=C(Cc1ccccc1)N/N=C\[C@H]1CC=CCC1. The summed E-state index contributed by atoms with van der Waals surface area (Å²) in [5.41, 5.74) is 3.59. The van der Waals surface area contributed by atoms with Gasteiger partial charge >= 0.3 is 0 Å². The zero-order valence-electron chi connectivity index (χ0n) is 10.4. The number of nitrogens with one attached hydrogen (secondary N) is 1. The van der Waals surface area contributed by atoms with Gasteiger partial charge in [-0.2, -0.15) is 5.10 Å². The van der Waals surface area contributed by atoms with Crippen molar-refractivity contribution in [1.29, 1.82) is 0 Å². The highest BCUT2D eigenvalue weighted by molar-refractivity contribution is 5.79. The number of hydrogen-bond donors (Lipinski definition) is 1. The van der Waals surface area contributed by atoms with E-state index in [4.69, 9.17) is 0 Å². The van der Waals surface area contributed by atoms with E-state index in [1.54, 1.807) is 0 Å². The summed E-state index contributed by atoms with van der Waals surface area (Å²) in [6.07, 6.45) is 9.85. The number of hydrazone groups is 1. The number of carbonyl (C=O) groups is 1. The Balaban J connectivity index is 1.74. The Hall–Kier alpha value is -1.90. The fourth-order valence-electron chi connectivity index (χ4n) is 1.99. The number of benzene rings is 1. The first kappa shape index (κ1) is 12.6. The number of allylic oxidation sites excluding steroid dienone is 2. The lowest BCUT2D eigenvalue weighted by atomic mass is 9.96. The van der Waals surface area contributed by atoms with Gasteiger partial charge in [0.05, 0.1) is 6.42 Å². The highest BCUT2D eigenvalue weighted by atomic mass is 16.2. The fourth-order valence-corrected chi connectivity index (χ4v) is 1.99. The monoisotopic (exact) mass is 242 g/mol. The third-order valence-electron chi connectivity index (χ3n) is 2.99. The van der Waals surface area contributed by atoms with Crippen LogP contribution in [0.4, 0.5) is 0 Å². The highest BCUT2D eigenvalue weighted by Gasteiger charge is 2.06. The first-order valence-corrected chi connectivity index (χ1v) is 6.35. The van der Waals surface area contributed by atoms with Crippen LogP contribution in [-0.4, -0.2) is 12.1 Å². The van der Waals surface area contributed by atoms with Gasteiger partial charge in [0.25, 0.3) is 0 Å². The molecule has 1 N–H and O–H groups in total. The van der Waals surface area contributed by atoms with Crippen molar-refractivity contribution in [2.75, 3.05) is 0 Å². The molecule has 0 saturated carbocycles. The van der Waals surface area contributed by atoms with Crippen LogP contribution in [0.2, 0.25) is 0 Å². The van der Waals surface area contributed by atoms with Gasteiger partial charge in [0.1, 0.15) is 0 Å². The second-order valence-corrected chi connectivity index (χ2v) is 4.52. The Bertz CT molecular complexity index is 437. The third kappa shape index (κ3) is 4.17. The van der Waals surface area contributed by atoms with Gasteiger partial charge < -0.3 is 0 Å². The van der Waals surface area contributed by atoms with Crippen molar-refractivity contribution >= 4 is 12.1 Å². The van der Waals surface area contributed by atoms with Crippen molar-refractivity contribution in [3.05, 3.63) is 48.0 Å². The maximum atomic E-state index is 11.6. The molecule has 1 atom stereocenters. The lowest BCUT2D eigenvalue weighted by Gasteiger charge is -2.11. The quantitative estimate of drug-likeness (QED) is 0.492. The maximum absolute atomic E-state index is 11.6. The van der Waals surface area contributed by atoms with Gasteiger partial charge in [0.15, 0.2) is 0 Å². The molecule has 3 nitrogen and oxygen atoms in total. The van der Waals surface area contributed by atoms with Crippen LogP contribution in [0.15, 0.2) is 47.6 Å². The summed E-state index contributed by atoms with van der Waals surface area (Å²) in [5.74, 6) is 0.399. The summed E-state index contributed by atoms with van der Waals surface area (Å²) in [4.78, 5) is 11.6. The maximum Gasteiger partial charge on any atom is 0.244 e. The van der Waals surface area contributed by atoms with Gasteiger partial charge in [0, 0.05) is 6.21 Å². The van der Waals surface area contributed by atoms with E-state index in [-0.39, 0.29) is 5.91 Å². The van der Waals surface area contributed by atoms with E-state index >= 15 is 0 Å². The highest BCUT2D eigenvalue weighted by Crippen LogP contribution is 2.15. The number of amides is 1. The van der Waals surface area contributed by atoms with Crippen molar-refractivity contribution < 1.29 is 4.79 Å². The minimum atomic E-state index is -0.0659. The van der Waals surface area contributed by atoms with Gasteiger partial charge in [-0.15, -0.1) is 0 Å². The normalized spacial score (nSPS) is 19.0. The summed E-state index contributed by atoms with van der Waals surface area (Å²) in [7, 11) is 0. The molecule has 94 valence electrons. The van der Waals surface area contributed by atoms with Crippen LogP contribution in [-0.2, 0) is 11.2 Å².